The molecule has 0 fully saturated rings. The van der Waals surface area contributed by atoms with Crippen LogP contribution in [0.4, 0.5) is 8.78 Å². The average Bonchev–Trinajstić information content (AvgIpc) is 2.81. The predicted octanol–water partition coefficient (Wildman–Crippen LogP) is 4.80. The van der Waals surface area contributed by atoms with Gasteiger partial charge in [0.2, 0.25) is 0 Å². The largest absolute Gasteiger partial charge is 0.451 e. The highest BCUT2D eigenvalue weighted by molar-refractivity contribution is 7.94. The van der Waals surface area contributed by atoms with Crippen molar-refractivity contribution in [2.24, 2.45) is 0 Å². The molecule has 0 atom stereocenters. The van der Waals surface area contributed by atoms with Crippen LogP contribution in [0.5, 0.6) is 0 Å². The van der Waals surface area contributed by atoms with E-state index >= 15 is 0 Å². The van der Waals surface area contributed by atoms with Gasteiger partial charge in [-0.15, -0.1) is 0 Å². The first-order chi connectivity index (χ1) is 12.3. The van der Waals surface area contributed by atoms with Crippen LogP contribution in [-0.4, -0.2) is 18.7 Å². The number of hydrogen-bond acceptors (Lipinski definition) is 5. The summed E-state index contributed by atoms with van der Waals surface area (Å²) in [6, 6.07) is 10.0. The van der Waals surface area contributed by atoms with E-state index in [1.165, 1.54) is 37.4 Å². The van der Waals surface area contributed by atoms with E-state index in [9.17, 15) is 13.6 Å². The molecule has 7 heteroatoms. The van der Waals surface area contributed by atoms with Crippen molar-refractivity contribution in [2.45, 2.75) is 24.3 Å². The molecule has 0 amide bonds. The fraction of sp³-hybridized carbons (Fsp3) is 0.211. The molecular formula is C19H16F2O4S. The van der Waals surface area contributed by atoms with Crippen LogP contribution in [0.1, 0.15) is 25.0 Å². The van der Waals surface area contributed by atoms with Crippen LogP contribution < -0.4 is 0 Å². The molecule has 1 aliphatic heterocycles. The summed E-state index contributed by atoms with van der Waals surface area (Å²) in [5, 5.41) is 0. The summed E-state index contributed by atoms with van der Waals surface area (Å²) in [4.78, 5) is 17.4. The van der Waals surface area contributed by atoms with Gasteiger partial charge >= 0.3 is 5.97 Å². The van der Waals surface area contributed by atoms with Gasteiger partial charge in [0, 0.05) is 16.0 Å². The highest BCUT2D eigenvalue weighted by atomic mass is 32.2. The smallest absolute Gasteiger partial charge is 0.340 e. The Balaban J connectivity index is 2.16. The summed E-state index contributed by atoms with van der Waals surface area (Å²) in [6.45, 7) is 3.34. The lowest BCUT2D eigenvalue weighted by molar-refractivity contribution is -0.160. The lowest BCUT2D eigenvalue weighted by Gasteiger charge is -2.22. The molecule has 0 aromatic heterocycles. The van der Waals surface area contributed by atoms with Crippen molar-refractivity contribution in [1.82, 2.24) is 0 Å². The Kier molecular flexibility index (Phi) is 5.13. The Morgan fingerprint density at radius 2 is 1.88 bits per heavy atom. The number of cyclic esters (lactones) is 1. The predicted molar refractivity (Wildman–Crippen MR) is 93.7 cm³/mol. The van der Waals surface area contributed by atoms with E-state index in [1.807, 2.05) is 0 Å². The molecule has 0 saturated heterocycles. The SMILES string of the molecule is COOSc1ccc(C2=C(c3cccc(F)c3)C(=O)OC2(C)C)c(F)c1. The quantitative estimate of drug-likeness (QED) is 0.324. The zero-order chi connectivity index (χ0) is 18.9. The summed E-state index contributed by atoms with van der Waals surface area (Å²) in [6.07, 6.45) is 0. The minimum Gasteiger partial charge on any atom is -0.451 e. The number of ether oxygens (including phenoxy) is 1. The van der Waals surface area contributed by atoms with E-state index in [-0.39, 0.29) is 11.1 Å². The average molecular weight is 378 g/mol. The maximum atomic E-state index is 14.8. The molecule has 0 spiro atoms. The van der Waals surface area contributed by atoms with Crippen molar-refractivity contribution in [3.63, 3.8) is 0 Å². The van der Waals surface area contributed by atoms with Crippen LogP contribution in [-0.2, 0) is 18.8 Å². The summed E-state index contributed by atoms with van der Waals surface area (Å²) in [7, 11) is 1.35. The molecule has 0 N–H and O–H groups in total. The molecule has 0 radical (unpaired) electrons. The van der Waals surface area contributed by atoms with Crippen molar-refractivity contribution in [3.05, 3.63) is 65.2 Å². The number of rotatable bonds is 5. The third-order valence-corrected chi connectivity index (χ3v) is 4.58. The van der Waals surface area contributed by atoms with Gasteiger partial charge < -0.3 is 4.74 Å². The minimum absolute atomic E-state index is 0.155. The highest BCUT2D eigenvalue weighted by Gasteiger charge is 2.42. The van der Waals surface area contributed by atoms with Gasteiger partial charge in [-0.2, -0.15) is 4.33 Å². The Bertz CT molecular complexity index is 893. The third kappa shape index (κ3) is 3.51. The molecule has 4 nitrogen and oxygen atoms in total. The van der Waals surface area contributed by atoms with Crippen LogP contribution in [0.2, 0.25) is 0 Å². The van der Waals surface area contributed by atoms with Gasteiger partial charge in [0.15, 0.2) is 0 Å². The maximum absolute atomic E-state index is 14.8. The Morgan fingerprint density at radius 1 is 1.12 bits per heavy atom. The number of benzene rings is 2. The molecule has 0 bridgehead atoms. The van der Waals surface area contributed by atoms with E-state index in [0.717, 1.165) is 12.0 Å². The van der Waals surface area contributed by atoms with E-state index < -0.39 is 23.2 Å². The maximum Gasteiger partial charge on any atom is 0.340 e. The Hall–Kier alpha value is -2.22. The van der Waals surface area contributed by atoms with Crippen LogP contribution in [0, 0.1) is 11.6 Å². The molecule has 136 valence electrons. The van der Waals surface area contributed by atoms with E-state index in [2.05, 4.69) is 4.89 Å². The second-order valence-corrected chi connectivity index (χ2v) is 6.89. The summed E-state index contributed by atoms with van der Waals surface area (Å²) < 4.78 is 38.6. The second-order valence-electron chi connectivity index (χ2n) is 6.12. The van der Waals surface area contributed by atoms with Crippen molar-refractivity contribution >= 4 is 29.2 Å². The van der Waals surface area contributed by atoms with Crippen LogP contribution in [0.3, 0.4) is 0 Å². The van der Waals surface area contributed by atoms with Gasteiger partial charge in [0.05, 0.1) is 24.7 Å². The minimum atomic E-state index is -1.06. The van der Waals surface area contributed by atoms with Crippen LogP contribution >= 0.6 is 12.0 Å². The summed E-state index contributed by atoms with van der Waals surface area (Å²) >= 11 is 0.859. The summed E-state index contributed by atoms with van der Waals surface area (Å²) in [5.74, 6) is -1.66. The topological polar surface area (TPSA) is 44.8 Å². The van der Waals surface area contributed by atoms with Gasteiger partial charge in [0.1, 0.15) is 17.2 Å². The monoisotopic (exact) mass is 378 g/mol. The van der Waals surface area contributed by atoms with Gasteiger partial charge in [0.25, 0.3) is 0 Å². The fourth-order valence-electron chi connectivity index (χ4n) is 2.93. The fourth-order valence-corrected chi connectivity index (χ4v) is 3.35. The first-order valence-electron chi connectivity index (χ1n) is 7.75. The molecule has 26 heavy (non-hydrogen) atoms. The molecule has 2 aromatic rings. The number of hydrogen-bond donors (Lipinski definition) is 0. The lowest BCUT2D eigenvalue weighted by atomic mass is 9.86. The van der Waals surface area contributed by atoms with Crippen molar-refractivity contribution in [2.75, 3.05) is 7.11 Å². The van der Waals surface area contributed by atoms with Gasteiger partial charge in [-0.3, -0.25) is 0 Å². The van der Waals surface area contributed by atoms with Crippen LogP contribution in [0.15, 0.2) is 47.4 Å². The zero-order valence-electron chi connectivity index (χ0n) is 14.3. The normalized spacial score (nSPS) is 16.1. The molecule has 0 saturated carbocycles. The summed E-state index contributed by atoms with van der Waals surface area (Å²) in [5.41, 5.74) is 0.0202. The van der Waals surface area contributed by atoms with Crippen molar-refractivity contribution in [3.8, 4) is 0 Å². The van der Waals surface area contributed by atoms with E-state index in [4.69, 9.17) is 9.07 Å². The van der Waals surface area contributed by atoms with Gasteiger partial charge in [-0.05, 0) is 43.7 Å². The lowest BCUT2D eigenvalue weighted by Crippen LogP contribution is -2.22. The zero-order valence-corrected chi connectivity index (χ0v) is 15.2. The number of carbonyl (C=O) groups excluding carboxylic acids is 1. The van der Waals surface area contributed by atoms with Crippen molar-refractivity contribution < 1.29 is 27.5 Å². The first kappa shape index (κ1) is 18.6. The standard InChI is InChI=1S/C19H16F2O4S/c1-19(2)17(14-8-7-13(10-15(14)21)26-25-23-3)16(18(22)24-19)11-5-4-6-12(20)9-11/h4-10H,1-3H3. The molecule has 1 heterocycles. The number of esters is 1. The van der Waals surface area contributed by atoms with Gasteiger partial charge in [-0.25, -0.2) is 18.5 Å². The number of carbonyl (C=O) groups is 1. The van der Waals surface area contributed by atoms with E-state index in [1.54, 1.807) is 26.0 Å². The highest BCUT2D eigenvalue weighted by Crippen LogP contribution is 2.44. The Labute approximate surface area is 153 Å². The molecule has 1 aliphatic rings. The first-order valence-corrected chi connectivity index (χ1v) is 8.49. The molecule has 2 aromatic carbocycles. The third-order valence-electron chi connectivity index (χ3n) is 3.93. The second kappa shape index (κ2) is 7.19. The molecule has 0 aliphatic carbocycles. The molecule has 0 unspecified atom stereocenters. The van der Waals surface area contributed by atoms with Crippen LogP contribution in [0.25, 0.3) is 11.1 Å². The molecule has 3 rings (SSSR count). The van der Waals surface area contributed by atoms with E-state index in [0.29, 0.717) is 16.0 Å². The number of halogens is 2. The molecular weight excluding hydrogens is 362 g/mol. The Morgan fingerprint density at radius 3 is 2.54 bits per heavy atom. The van der Waals surface area contributed by atoms with Crippen molar-refractivity contribution in [1.29, 1.82) is 0 Å². The van der Waals surface area contributed by atoms with Gasteiger partial charge in [-0.1, -0.05) is 18.2 Å².